The van der Waals surface area contributed by atoms with Crippen molar-refractivity contribution in [2.75, 3.05) is 6.54 Å². The lowest BCUT2D eigenvalue weighted by atomic mass is 9.84. The third-order valence-corrected chi connectivity index (χ3v) is 3.36. The number of rotatable bonds is 0. The standard InChI is InChI=1S/C9H17N/c1-7-5-9(3-4-9)6-10-8(7)2/h7-8,10H,3-6H2,1-2H3. The van der Waals surface area contributed by atoms with Gasteiger partial charge >= 0.3 is 0 Å². The van der Waals surface area contributed by atoms with Crippen LogP contribution in [-0.4, -0.2) is 12.6 Å². The highest BCUT2D eigenvalue weighted by molar-refractivity contribution is 5.00. The molecule has 0 bridgehead atoms. The lowest BCUT2D eigenvalue weighted by molar-refractivity contribution is 0.228. The number of piperidine rings is 1. The van der Waals surface area contributed by atoms with Crippen molar-refractivity contribution in [1.82, 2.24) is 5.32 Å². The first kappa shape index (κ1) is 6.66. The van der Waals surface area contributed by atoms with Gasteiger partial charge in [-0.2, -0.15) is 0 Å². The van der Waals surface area contributed by atoms with E-state index in [9.17, 15) is 0 Å². The zero-order chi connectivity index (χ0) is 7.19. The molecule has 1 heterocycles. The third-order valence-electron chi connectivity index (χ3n) is 3.36. The Hall–Kier alpha value is -0.0400. The minimum absolute atomic E-state index is 0.756. The van der Waals surface area contributed by atoms with Gasteiger partial charge in [-0.05, 0) is 37.5 Å². The minimum atomic E-state index is 0.756. The van der Waals surface area contributed by atoms with Gasteiger partial charge in [-0.15, -0.1) is 0 Å². The van der Waals surface area contributed by atoms with E-state index in [4.69, 9.17) is 0 Å². The highest BCUT2D eigenvalue weighted by Crippen LogP contribution is 2.52. The van der Waals surface area contributed by atoms with Crippen LogP contribution >= 0.6 is 0 Å². The first-order valence-corrected chi connectivity index (χ1v) is 4.45. The molecule has 1 spiro atoms. The number of hydrogen-bond acceptors (Lipinski definition) is 1. The molecule has 1 heteroatoms. The molecule has 58 valence electrons. The van der Waals surface area contributed by atoms with Crippen LogP contribution in [0.25, 0.3) is 0 Å². The summed E-state index contributed by atoms with van der Waals surface area (Å²) in [5, 5.41) is 3.58. The molecule has 0 aromatic carbocycles. The molecule has 1 saturated carbocycles. The second-order valence-corrected chi connectivity index (χ2v) is 4.35. The Kier molecular flexibility index (Phi) is 1.31. The lowest BCUT2D eigenvalue weighted by Gasteiger charge is -2.33. The van der Waals surface area contributed by atoms with Crippen molar-refractivity contribution in [3.8, 4) is 0 Å². The van der Waals surface area contributed by atoms with Crippen molar-refractivity contribution >= 4 is 0 Å². The van der Waals surface area contributed by atoms with Crippen LogP contribution in [0.1, 0.15) is 33.1 Å². The van der Waals surface area contributed by atoms with E-state index in [1.165, 1.54) is 25.8 Å². The molecule has 1 aliphatic carbocycles. The fraction of sp³-hybridized carbons (Fsp3) is 1.00. The van der Waals surface area contributed by atoms with E-state index >= 15 is 0 Å². The van der Waals surface area contributed by atoms with Crippen molar-refractivity contribution < 1.29 is 0 Å². The Balaban J connectivity index is 1.98. The van der Waals surface area contributed by atoms with Crippen LogP contribution in [0, 0.1) is 11.3 Å². The predicted octanol–water partition coefficient (Wildman–Crippen LogP) is 1.78. The average molecular weight is 139 g/mol. The molecule has 0 amide bonds. The van der Waals surface area contributed by atoms with Crippen LogP contribution < -0.4 is 5.32 Å². The topological polar surface area (TPSA) is 12.0 Å². The summed E-state index contributed by atoms with van der Waals surface area (Å²) < 4.78 is 0. The average Bonchev–Trinajstić information content (AvgIpc) is 2.62. The van der Waals surface area contributed by atoms with Crippen molar-refractivity contribution in [2.45, 2.75) is 39.2 Å². The van der Waals surface area contributed by atoms with Crippen molar-refractivity contribution in [1.29, 1.82) is 0 Å². The van der Waals surface area contributed by atoms with Gasteiger partial charge in [0.15, 0.2) is 0 Å². The number of hydrogen-bond donors (Lipinski definition) is 1. The summed E-state index contributed by atoms with van der Waals surface area (Å²) in [5.74, 6) is 0.899. The van der Waals surface area contributed by atoms with Gasteiger partial charge in [-0.3, -0.25) is 0 Å². The van der Waals surface area contributed by atoms with Crippen molar-refractivity contribution in [3.05, 3.63) is 0 Å². The van der Waals surface area contributed by atoms with E-state index in [2.05, 4.69) is 19.2 Å². The molecule has 2 rings (SSSR count). The monoisotopic (exact) mass is 139 g/mol. The first-order chi connectivity index (χ1) is 4.72. The maximum Gasteiger partial charge on any atom is 0.00648 e. The molecule has 1 saturated heterocycles. The maximum atomic E-state index is 3.58. The van der Waals surface area contributed by atoms with E-state index in [0.29, 0.717) is 0 Å². The van der Waals surface area contributed by atoms with Gasteiger partial charge in [0.2, 0.25) is 0 Å². The maximum absolute atomic E-state index is 3.58. The molecule has 0 radical (unpaired) electrons. The minimum Gasteiger partial charge on any atom is -0.313 e. The van der Waals surface area contributed by atoms with Gasteiger partial charge in [0, 0.05) is 12.6 Å². The summed E-state index contributed by atoms with van der Waals surface area (Å²) in [5.41, 5.74) is 0.770. The Morgan fingerprint density at radius 3 is 2.50 bits per heavy atom. The van der Waals surface area contributed by atoms with E-state index in [1.807, 2.05) is 0 Å². The van der Waals surface area contributed by atoms with Crippen LogP contribution in [-0.2, 0) is 0 Å². The van der Waals surface area contributed by atoms with Gasteiger partial charge in [0.05, 0.1) is 0 Å². The molecule has 2 fully saturated rings. The largest absolute Gasteiger partial charge is 0.313 e. The second-order valence-electron chi connectivity index (χ2n) is 4.35. The van der Waals surface area contributed by atoms with E-state index in [1.54, 1.807) is 0 Å². The summed E-state index contributed by atoms with van der Waals surface area (Å²) in [6.07, 6.45) is 4.44. The summed E-state index contributed by atoms with van der Waals surface area (Å²) in [6.45, 7) is 5.97. The first-order valence-electron chi connectivity index (χ1n) is 4.45. The molecule has 2 unspecified atom stereocenters. The Labute approximate surface area is 63.2 Å². The Morgan fingerprint density at radius 1 is 1.30 bits per heavy atom. The second kappa shape index (κ2) is 1.97. The molecule has 2 atom stereocenters. The van der Waals surface area contributed by atoms with Crippen LogP contribution in [0.5, 0.6) is 0 Å². The van der Waals surface area contributed by atoms with Crippen LogP contribution in [0.15, 0.2) is 0 Å². The van der Waals surface area contributed by atoms with Gasteiger partial charge in [-0.1, -0.05) is 6.92 Å². The molecular formula is C9H17N. The molecule has 0 aromatic heterocycles. The zero-order valence-electron chi connectivity index (χ0n) is 6.98. The van der Waals surface area contributed by atoms with Crippen LogP contribution in [0.2, 0.25) is 0 Å². The van der Waals surface area contributed by atoms with Crippen LogP contribution in [0.3, 0.4) is 0 Å². The highest BCUT2D eigenvalue weighted by Gasteiger charge is 2.46. The number of nitrogens with one attached hydrogen (secondary N) is 1. The van der Waals surface area contributed by atoms with Gasteiger partial charge in [0.1, 0.15) is 0 Å². The van der Waals surface area contributed by atoms with Gasteiger partial charge in [-0.25, -0.2) is 0 Å². The molecule has 1 N–H and O–H groups in total. The Bertz CT molecular complexity index is 138. The van der Waals surface area contributed by atoms with Gasteiger partial charge < -0.3 is 5.32 Å². The molecule has 2 aliphatic rings. The molecule has 10 heavy (non-hydrogen) atoms. The summed E-state index contributed by atoms with van der Waals surface area (Å²) >= 11 is 0. The lowest BCUT2D eigenvalue weighted by Crippen LogP contribution is -2.43. The quantitative estimate of drug-likeness (QED) is 0.539. The summed E-state index contributed by atoms with van der Waals surface area (Å²) in [7, 11) is 0. The fourth-order valence-electron chi connectivity index (χ4n) is 2.07. The summed E-state index contributed by atoms with van der Waals surface area (Å²) in [4.78, 5) is 0. The normalized spacial score (nSPS) is 43.8. The SMILES string of the molecule is CC1CC2(CC2)CNC1C. The predicted molar refractivity (Wildman–Crippen MR) is 42.9 cm³/mol. The highest BCUT2D eigenvalue weighted by atomic mass is 15.0. The third kappa shape index (κ3) is 0.968. The van der Waals surface area contributed by atoms with E-state index in [-0.39, 0.29) is 0 Å². The van der Waals surface area contributed by atoms with Crippen LogP contribution in [0.4, 0.5) is 0 Å². The van der Waals surface area contributed by atoms with Gasteiger partial charge in [0.25, 0.3) is 0 Å². The fourth-order valence-corrected chi connectivity index (χ4v) is 2.07. The molecule has 1 nitrogen and oxygen atoms in total. The molecule has 0 aromatic rings. The molecule has 1 aliphatic heterocycles. The van der Waals surface area contributed by atoms with Crippen molar-refractivity contribution in [3.63, 3.8) is 0 Å². The molecular weight excluding hydrogens is 122 g/mol. The van der Waals surface area contributed by atoms with E-state index in [0.717, 1.165) is 17.4 Å². The zero-order valence-corrected chi connectivity index (χ0v) is 6.98. The Morgan fingerprint density at radius 2 is 2.00 bits per heavy atom. The smallest absolute Gasteiger partial charge is 0.00648 e. The summed E-state index contributed by atoms with van der Waals surface area (Å²) in [6, 6.07) is 0.756. The van der Waals surface area contributed by atoms with Crippen molar-refractivity contribution in [2.24, 2.45) is 11.3 Å². The van der Waals surface area contributed by atoms with E-state index < -0.39 is 0 Å².